The van der Waals surface area contributed by atoms with Crippen molar-refractivity contribution in [2.24, 2.45) is 0 Å². The first-order valence-electron chi connectivity index (χ1n) is 8.79. The maximum Gasteiger partial charge on any atom is 0.238 e. The van der Waals surface area contributed by atoms with Crippen molar-refractivity contribution in [2.75, 3.05) is 44.6 Å². The van der Waals surface area contributed by atoms with E-state index in [2.05, 4.69) is 49.1 Å². The van der Waals surface area contributed by atoms with Crippen molar-refractivity contribution in [3.63, 3.8) is 0 Å². The van der Waals surface area contributed by atoms with Crippen LogP contribution in [0, 0.1) is 10.5 Å². The minimum Gasteiger partial charge on any atom is -0.352 e. The topological polar surface area (TPSA) is 64.7 Å². The van der Waals surface area contributed by atoms with Crippen molar-refractivity contribution in [3.8, 4) is 0 Å². The van der Waals surface area contributed by atoms with E-state index in [4.69, 9.17) is 0 Å². The van der Waals surface area contributed by atoms with Crippen LogP contribution in [0.3, 0.4) is 0 Å². The van der Waals surface area contributed by atoms with Gasteiger partial charge in [-0.3, -0.25) is 19.4 Å². The molecule has 25 heavy (non-hydrogen) atoms. The SMILES string of the molecule is Cc1cc(I)ccc1NC(=O)CN1CCN(CC(=O)NC2CC2)CC1. The van der Waals surface area contributed by atoms with E-state index < -0.39 is 0 Å². The van der Waals surface area contributed by atoms with Crippen LogP contribution in [0.1, 0.15) is 18.4 Å². The Morgan fingerprint density at radius 1 is 1.08 bits per heavy atom. The second kappa shape index (κ2) is 8.46. The second-order valence-electron chi connectivity index (χ2n) is 6.90. The average molecular weight is 456 g/mol. The molecule has 0 atom stereocenters. The van der Waals surface area contributed by atoms with E-state index in [1.165, 1.54) is 0 Å². The number of hydrogen-bond acceptors (Lipinski definition) is 4. The standard InChI is InChI=1S/C18H25IN4O2/c1-13-10-14(19)2-5-16(13)21-18(25)12-23-8-6-22(7-9-23)11-17(24)20-15-3-4-15/h2,5,10,15H,3-4,6-9,11-12H2,1H3,(H,20,24)(H,21,25). The molecular weight excluding hydrogens is 431 g/mol. The molecule has 3 rings (SSSR count). The van der Waals surface area contributed by atoms with E-state index in [1.807, 2.05) is 19.1 Å². The predicted octanol–water partition coefficient (Wildman–Crippen LogP) is 1.43. The molecule has 6 nitrogen and oxygen atoms in total. The first kappa shape index (κ1) is 18.6. The molecule has 0 radical (unpaired) electrons. The number of piperazine rings is 1. The molecule has 1 aromatic rings. The van der Waals surface area contributed by atoms with Crippen molar-refractivity contribution in [3.05, 3.63) is 27.3 Å². The maximum absolute atomic E-state index is 12.3. The van der Waals surface area contributed by atoms with Gasteiger partial charge in [-0.15, -0.1) is 0 Å². The van der Waals surface area contributed by atoms with Gasteiger partial charge in [0.25, 0.3) is 0 Å². The Labute approximate surface area is 162 Å². The summed E-state index contributed by atoms with van der Waals surface area (Å²) in [5, 5.41) is 6.02. The van der Waals surface area contributed by atoms with Gasteiger partial charge in [0, 0.05) is 41.5 Å². The van der Waals surface area contributed by atoms with Crippen LogP contribution in [-0.4, -0.2) is 66.9 Å². The first-order chi connectivity index (χ1) is 12.0. The van der Waals surface area contributed by atoms with E-state index in [9.17, 15) is 9.59 Å². The third-order valence-corrected chi connectivity index (χ3v) is 5.28. The number of rotatable bonds is 6. The lowest BCUT2D eigenvalue weighted by atomic mass is 10.2. The minimum atomic E-state index is 0.0178. The van der Waals surface area contributed by atoms with Crippen molar-refractivity contribution < 1.29 is 9.59 Å². The fourth-order valence-electron chi connectivity index (χ4n) is 2.97. The third kappa shape index (κ3) is 5.93. The molecule has 2 N–H and O–H groups in total. The number of benzene rings is 1. The normalized spacial score (nSPS) is 18.8. The molecule has 0 bridgehead atoms. The van der Waals surface area contributed by atoms with Gasteiger partial charge in [-0.2, -0.15) is 0 Å². The molecule has 0 unspecified atom stereocenters. The number of nitrogens with zero attached hydrogens (tertiary/aromatic N) is 2. The highest BCUT2D eigenvalue weighted by molar-refractivity contribution is 14.1. The third-order valence-electron chi connectivity index (χ3n) is 4.60. The average Bonchev–Trinajstić information content (AvgIpc) is 3.36. The second-order valence-corrected chi connectivity index (χ2v) is 8.15. The molecule has 2 fully saturated rings. The summed E-state index contributed by atoms with van der Waals surface area (Å²) in [6, 6.07) is 6.42. The van der Waals surface area contributed by atoms with Crippen LogP contribution in [0.2, 0.25) is 0 Å². The van der Waals surface area contributed by atoms with Crippen LogP contribution in [0.5, 0.6) is 0 Å². The summed E-state index contributed by atoms with van der Waals surface area (Å²) >= 11 is 2.27. The molecule has 1 saturated heterocycles. The first-order valence-corrected chi connectivity index (χ1v) is 9.87. The highest BCUT2D eigenvalue weighted by atomic mass is 127. The van der Waals surface area contributed by atoms with Crippen LogP contribution in [0.4, 0.5) is 5.69 Å². The van der Waals surface area contributed by atoms with Gasteiger partial charge in [-0.25, -0.2) is 0 Å². The fourth-order valence-corrected chi connectivity index (χ4v) is 3.62. The highest BCUT2D eigenvalue weighted by Gasteiger charge is 2.25. The zero-order valence-electron chi connectivity index (χ0n) is 14.6. The monoisotopic (exact) mass is 456 g/mol. The van der Waals surface area contributed by atoms with Crippen molar-refractivity contribution >= 4 is 40.1 Å². The number of halogens is 1. The van der Waals surface area contributed by atoms with Gasteiger partial charge in [0.15, 0.2) is 0 Å². The van der Waals surface area contributed by atoms with Gasteiger partial charge >= 0.3 is 0 Å². The molecular formula is C18H25IN4O2. The van der Waals surface area contributed by atoms with E-state index >= 15 is 0 Å². The summed E-state index contributed by atoms with van der Waals surface area (Å²) in [5.41, 5.74) is 1.95. The fraction of sp³-hybridized carbons (Fsp3) is 0.556. The molecule has 1 saturated carbocycles. The lowest BCUT2D eigenvalue weighted by molar-refractivity contribution is -0.123. The number of nitrogens with one attached hydrogen (secondary N) is 2. The summed E-state index contributed by atoms with van der Waals surface area (Å²) < 4.78 is 1.16. The predicted molar refractivity (Wildman–Crippen MR) is 107 cm³/mol. The van der Waals surface area contributed by atoms with E-state index in [1.54, 1.807) is 0 Å². The summed E-state index contributed by atoms with van der Waals surface area (Å²) in [7, 11) is 0. The number of anilines is 1. The summed E-state index contributed by atoms with van der Waals surface area (Å²) in [6.45, 7) is 6.16. The molecule has 136 valence electrons. The smallest absolute Gasteiger partial charge is 0.238 e. The Morgan fingerprint density at radius 2 is 1.68 bits per heavy atom. The zero-order valence-corrected chi connectivity index (χ0v) is 16.7. The Kier molecular flexibility index (Phi) is 6.29. The molecule has 2 amide bonds. The van der Waals surface area contributed by atoms with E-state index in [-0.39, 0.29) is 11.8 Å². The van der Waals surface area contributed by atoms with Crippen LogP contribution >= 0.6 is 22.6 Å². The van der Waals surface area contributed by atoms with Gasteiger partial charge < -0.3 is 10.6 Å². The van der Waals surface area contributed by atoms with Crippen molar-refractivity contribution in [1.82, 2.24) is 15.1 Å². The van der Waals surface area contributed by atoms with E-state index in [0.29, 0.717) is 19.1 Å². The van der Waals surface area contributed by atoms with Gasteiger partial charge in [0.05, 0.1) is 13.1 Å². The molecule has 7 heteroatoms. The molecule has 0 aromatic heterocycles. The van der Waals surface area contributed by atoms with Crippen LogP contribution < -0.4 is 10.6 Å². The van der Waals surface area contributed by atoms with Gasteiger partial charge in [-0.1, -0.05) is 0 Å². The van der Waals surface area contributed by atoms with Crippen LogP contribution in [0.25, 0.3) is 0 Å². The molecule has 1 heterocycles. The lowest BCUT2D eigenvalue weighted by Gasteiger charge is -2.33. The Balaban J connectivity index is 1.39. The van der Waals surface area contributed by atoms with Crippen molar-refractivity contribution in [2.45, 2.75) is 25.8 Å². The number of hydrogen-bond donors (Lipinski definition) is 2. The Bertz CT molecular complexity index is 640. The lowest BCUT2D eigenvalue weighted by Crippen LogP contribution is -2.51. The number of amides is 2. The number of carbonyl (C=O) groups excluding carboxylic acids is 2. The molecule has 0 spiro atoms. The summed E-state index contributed by atoms with van der Waals surface area (Å²) in [4.78, 5) is 28.4. The van der Waals surface area contributed by atoms with Gasteiger partial charge in [0.2, 0.25) is 11.8 Å². The Hall–Kier alpha value is -1.19. The summed E-state index contributed by atoms with van der Waals surface area (Å²) in [6.07, 6.45) is 2.24. The van der Waals surface area contributed by atoms with Gasteiger partial charge in [-0.05, 0) is 66.1 Å². The minimum absolute atomic E-state index is 0.0178. The highest BCUT2D eigenvalue weighted by Crippen LogP contribution is 2.19. The number of aryl methyl sites for hydroxylation is 1. The molecule has 1 aliphatic heterocycles. The Morgan fingerprint density at radius 3 is 2.24 bits per heavy atom. The van der Waals surface area contributed by atoms with Crippen LogP contribution in [0.15, 0.2) is 18.2 Å². The molecule has 2 aliphatic rings. The van der Waals surface area contributed by atoms with Crippen LogP contribution in [-0.2, 0) is 9.59 Å². The largest absolute Gasteiger partial charge is 0.352 e. The quantitative estimate of drug-likeness (QED) is 0.637. The maximum atomic E-state index is 12.3. The molecule has 1 aliphatic carbocycles. The van der Waals surface area contributed by atoms with E-state index in [0.717, 1.165) is 53.8 Å². The zero-order chi connectivity index (χ0) is 17.8. The van der Waals surface area contributed by atoms with Gasteiger partial charge in [0.1, 0.15) is 0 Å². The number of carbonyl (C=O) groups is 2. The van der Waals surface area contributed by atoms with Crippen molar-refractivity contribution in [1.29, 1.82) is 0 Å². The molecule has 1 aromatic carbocycles. The summed E-state index contributed by atoms with van der Waals surface area (Å²) in [5.74, 6) is 0.145.